The molecule has 0 aromatic heterocycles. The Hall–Kier alpha value is -0.630. The molecule has 1 saturated carbocycles. The molecule has 1 aliphatic rings. The highest BCUT2D eigenvalue weighted by atomic mass is 32.1. The molecule has 2 N–H and O–H groups in total. The van der Waals surface area contributed by atoms with Crippen LogP contribution in [-0.4, -0.2) is 0 Å². The summed E-state index contributed by atoms with van der Waals surface area (Å²) in [6, 6.07) is 8.14. The van der Waals surface area contributed by atoms with Gasteiger partial charge in [-0.15, -0.1) is 0 Å². The lowest BCUT2D eigenvalue weighted by Crippen LogP contribution is -2.12. The summed E-state index contributed by atoms with van der Waals surface area (Å²) >= 11 is 4.76. The molecule has 1 fully saturated rings. The van der Waals surface area contributed by atoms with Gasteiger partial charge in [-0.25, -0.2) is 0 Å². The number of hydrogen-bond acceptors (Lipinski definition) is 2. The van der Waals surface area contributed by atoms with Crippen molar-refractivity contribution in [2.75, 3.05) is 5.73 Å². The summed E-state index contributed by atoms with van der Waals surface area (Å²) in [7, 11) is 0. The smallest absolute Gasteiger partial charge is 0.0378 e. The summed E-state index contributed by atoms with van der Waals surface area (Å²) in [5.74, 6) is 0. The van der Waals surface area contributed by atoms with E-state index in [4.69, 9.17) is 18.4 Å². The average Bonchev–Trinajstić information content (AvgIpc) is 2.54. The largest absolute Gasteiger partial charge is 0.399 e. The predicted molar refractivity (Wildman–Crippen MR) is 60.0 cm³/mol. The van der Waals surface area contributed by atoms with Gasteiger partial charge in [0, 0.05) is 10.4 Å². The lowest BCUT2D eigenvalue weighted by Gasteiger charge is -2.22. The SMILES string of the molecule is Nc1ccc(C2(S)CCCC2)cc1. The Morgan fingerprint density at radius 3 is 2.15 bits per heavy atom. The molecule has 0 heterocycles. The zero-order valence-corrected chi connectivity index (χ0v) is 8.56. The van der Waals surface area contributed by atoms with Gasteiger partial charge in [-0.2, -0.15) is 12.6 Å². The number of nitrogen functional groups attached to an aromatic ring is 1. The second-order valence-electron chi connectivity index (χ2n) is 3.86. The standard InChI is InChI=1S/C11H15NS/c12-10-5-3-9(4-6-10)11(13)7-1-2-8-11/h3-6,13H,1-2,7-8,12H2. The first-order chi connectivity index (χ1) is 6.21. The maximum absolute atomic E-state index is 5.64. The molecule has 2 rings (SSSR count). The third-order valence-electron chi connectivity index (χ3n) is 2.88. The Balaban J connectivity index is 2.29. The van der Waals surface area contributed by atoms with Crippen molar-refractivity contribution < 1.29 is 0 Å². The van der Waals surface area contributed by atoms with Gasteiger partial charge >= 0.3 is 0 Å². The lowest BCUT2D eigenvalue weighted by atomic mass is 9.96. The molecule has 1 nitrogen and oxygen atoms in total. The van der Waals surface area contributed by atoms with E-state index in [1.165, 1.54) is 31.2 Å². The van der Waals surface area contributed by atoms with Crippen LogP contribution in [-0.2, 0) is 4.75 Å². The van der Waals surface area contributed by atoms with Gasteiger partial charge in [-0.05, 0) is 30.5 Å². The molecule has 13 heavy (non-hydrogen) atoms. The van der Waals surface area contributed by atoms with Gasteiger partial charge < -0.3 is 5.73 Å². The monoisotopic (exact) mass is 193 g/mol. The number of rotatable bonds is 1. The van der Waals surface area contributed by atoms with Gasteiger partial charge in [0.05, 0.1) is 0 Å². The predicted octanol–water partition coefficient (Wildman–Crippen LogP) is 2.97. The molecule has 1 aliphatic carbocycles. The number of hydrogen-bond donors (Lipinski definition) is 2. The summed E-state index contributed by atoms with van der Waals surface area (Å²) in [6.07, 6.45) is 4.99. The quantitative estimate of drug-likeness (QED) is 0.520. The van der Waals surface area contributed by atoms with Crippen LogP contribution in [0, 0.1) is 0 Å². The average molecular weight is 193 g/mol. The minimum Gasteiger partial charge on any atom is -0.399 e. The Labute approximate surface area is 84.7 Å². The van der Waals surface area contributed by atoms with Crippen LogP contribution in [0.4, 0.5) is 5.69 Å². The molecule has 0 aliphatic heterocycles. The molecule has 0 saturated heterocycles. The molecule has 0 atom stereocenters. The Morgan fingerprint density at radius 1 is 1.08 bits per heavy atom. The number of anilines is 1. The highest BCUT2D eigenvalue weighted by Crippen LogP contribution is 2.44. The van der Waals surface area contributed by atoms with Crippen molar-refractivity contribution in [2.45, 2.75) is 30.4 Å². The first kappa shape index (κ1) is 8.95. The zero-order valence-electron chi connectivity index (χ0n) is 7.66. The van der Waals surface area contributed by atoms with Crippen LogP contribution in [0.5, 0.6) is 0 Å². The molecule has 1 aromatic rings. The van der Waals surface area contributed by atoms with Crippen LogP contribution in [0.3, 0.4) is 0 Å². The minimum atomic E-state index is 0.119. The lowest BCUT2D eigenvalue weighted by molar-refractivity contribution is 0.659. The highest BCUT2D eigenvalue weighted by Gasteiger charge is 2.31. The summed E-state index contributed by atoms with van der Waals surface area (Å²) < 4.78 is 0.119. The topological polar surface area (TPSA) is 26.0 Å². The molecule has 2 heteroatoms. The maximum Gasteiger partial charge on any atom is 0.0378 e. The van der Waals surface area contributed by atoms with Gasteiger partial charge in [0.25, 0.3) is 0 Å². The van der Waals surface area contributed by atoms with E-state index in [1.54, 1.807) is 0 Å². The molecule has 0 amide bonds. The summed E-state index contributed by atoms with van der Waals surface area (Å²) in [5, 5.41) is 0. The fourth-order valence-corrected chi connectivity index (χ4v) is 2.51. The van der Waals surface area contributed by atoms with E-state index >= 15 is 0 Å². The van der Waals surface area contributed by atoms with Crippen LogP contribution in [0.2, 0.25) is 0 Å². The molecule has 70 valence electrons. The molecular weight excluding hydrogens is 178 g/mol. The van der Waals surface area contributed by atoms with Crippen molar-refractivity contribution in [3.8, 4) is 0 Å². The minimum absolute atomic E-state index is 0.119. The molecule has 1 aromatic carbocycles. The number of thiol groups is 1. The molecule has 0 spiro atoms. The number of nitrogens with two attached hydrogens (primary N) is 1. The maximum atomic E-state index is 5.64. The normalized spacial score (nSPS) is 20.4. The van der Waals surface area contributed by atoms with Gasteiger partial charge in [-0.3, -0.25) is 0 Å². The first-order valence-corrected chi connectivity index (χ1v) is 5.24. The van der Waals surface area contributed by atoms with Crippen molar-refractivity contribution in [1.29, 1.82) is 0 Å². The van der Waals surface area contributed by atoms with Crippen molar-refractivity contribution in [3.05, 3.63) is 29.8 Å². The first-order valence-electron chi connectivity index (χ1n) is 4.79. The fraction of sp³-hybridized carbons (Fsp3) is 0.455. The zero-order chi connectivity index (χ0) is 9.31. The van der Waals surface area contributed by atoms with E-state index < -0.39 is 0 Å². The summed E-state index contributed by atoms with van der Waals surface area (Å²) in [4.78, 5) is 0. The van der Waals surface area contributed by atoms with Crippen molar-refractivity contribution in [1.82, 2.24) is 0 Å². The third-order valence-corrected chi connectivity index (χ3v) is 3.58. The van der Waals surface area contributed by atoms with Crippen LogP contribution >= 0.6 is 12.6 Å². The van der Waals surface area contributed by atoms with E-state index in [9.17, 15) is 0 Å². The van der Waals surface area contributed by atoms with Crippen LogP contribution in [0.1, 0.15) is 31.2 Å². The molecule has 0 bridgehead atoms. The van der Waals surface area contributed by atoms with Crippen molar-refractivity contribution in [3.63, 3.8) is 0 Å². The van der Waals surface area contributed by atoms with Crippen LogP contribution < -0.4 is 5.73 Å². The number of benzene rings is 1. The second kappa shape index (κ2) is 3.26. The Kier molecular flexibility index (Phi) is 2.24. The highest BCUT2D eigenvalue weighted by molar-refractivity contribution is 7.81. The van der Waals surface area contributed by atoms with Crippen LogP contribution in [0.15, 0.2) is 24.3 Å². The van der Waals surface area contributed by atoms with E-state index in [0.717, 1.165) is 5.69 Å². The van der Waals surface area contributed by atoms with Crippen molar-refractivity contribution in [2.24, 2.45) is 0 Å². The van der Waals surface area contributed by atoms with Gasteiger partial charge in [0.2, 0.25) is 0 Å². The molecule has 0 radical (unpaired) electrons. The summed E-state index contributed by atoms with van der Waals surface area (Å²) in [5.41, 5.74) is 7.80. The third kappa shape index (κ3) is 1.68. The second-order valence-corrected chi connectivity index (χ2v) is 4.72. The van der Waals surface area contributed by atoms with E-state index in [1.807, 2.05) is 12.1 Å². The van der Waals surface area contributed by atoms with E-state index in [0.29, 0.717) is 0 Å². The fourth-order valence-electron chi connectivity index (χ4n) is 2.04. The van der Waals surface area contributed by atoms with Crippen molar-refractivity contribution >= 4 is 18.3 Å². The van der Waals surface area contributed by atoms with Gasteiger partial charge in [0.1, 0.15) is 0 Å². The van der Waals surface area contributed by atoms with Gasteiger partial charge in [-0.1, -0.05) is 25.0 Å². The van der Waals surface area contributed by atoms with Crippen LogP contribution in [0.25, 0.3) is 0 Å². The molecular formula is C11H15NS. The van der Waals surface area contributed by atoms with E-state index in [-0.39, 0.29) is 4.75 Å². The van der Waals surface area contributed by atoms with Gasteiger partial charge in [0.15, 0.2) is 0 Å². The molecule has 0 unspecified atom stereocenters. The Morgan fingerprint density at radius 2 is 1.62 bits per heavy atom. The summed E-state index contributed by atoms with van der Waals surface area (Å²) in [6.45, 7) is 0. The Bertz CT molecular complexity index is 285. The van der Waals surface area contributed by atoms with E-state index in [2.05, 4.69) is 12.1 Å².